The molecule has 4 amide bonds. The average molecular weight is 547 g/mol. The third-order valence-corrected chi connectivity index (χ3v) is 6.00. The standard InChI is InChI=1S/C27H35ClN4O6/c1-15-9-8-12-18(28)21(15)31-24(35)22(17-11-7-10-16(2)23(17)34)32(6)25(36)19(13-14-20(29)33)30-26(37)38-27(3,4)5/h7-12,19,22,34H,13-14H2,1-6H3,(H2,29,33)(H,30,37)(H,31,35). The quantitative estimate of drug-likeness (QED) is 0.373. The van der Waals surface area contributed by atoms with Gasteiger partial charge in [0.15, 0.2) is 0 Å². The normalized spacial score (nSPS) is 12.7. The summed E-state index contributed by atoms with van der Waals surface area (Å²) in [6.07, 6.45) is -1.21. The Morgan fingerprint density at radius 3 is 2.26 bits per heavy atom. The van der Waals surface area contributed by atoms with E-state index < -0.39 is 41.5 Å². The molecule has 0 fully saturated rings. The lowest BCUT2D eigenvalue weighted by molar-refractivity contribution is -0.139. The maximum Gasteiger partial charge on any atom is 0.408 e. The van der Waals surface area contributed by atoms with Crippen molar-refractivity contribution < 1.29 is 29.0 Å². The number of aryl methyl sites for hydroxylation is 2. The maximum atomic E-state index is 13.7. The number of ether oxygens (including phenoxy) is 1. The monoisotopic (exact) mass is 546 g/mol. The van der Waals surface area contributed by atoms with Gasteiger partial charge in [-0.15, -0.1) is 0 Å². The molecule has 0 bridgehead atoms. The number of rotatable bonds is 9. The van der Waals surface area contributed by atoms with E-state index in [1.54, 1.807) is 65.0 Å². The molecule has 0 spiro atoms. The number of anilines is 1. The Bertz CT molecular complexity index is 1190. The highest BCUT2D eigenvalue weighted by molar-refractivity contribution is 6.34. The van der Waals surface area contributed by atoms with E-state index >= 15 is 0 Å². The molecule has 0 saturated heterocycles. The van der Waals surface area contributed by atoms with Crippen molar-refractivity contribution >= 4 is 41.1 Å². The number of likely N-dealkylation sites (N-methyl/N-ethyl adjacent to an activating group) is 1. The topological polar surface area (TPSA) is 151 Å². The van der Waals surface area contributed by atoms with Crippen LogP contribution in [0.4, 0.5) is 10.5 Å². The zero-order chi connectivity index (χ0) is 28.8. The van der Waals surface area contributed by atoms with Crippen molar-refractivity contribution in [2.24, 2.45) is 5.73 Å². The minimum atomic E-state index is -1.32. The molecule has 0 radical (unpaired) electrons. The van der Waals surface area contributed by atoms with Crippen LogP contribution in [0, 0.1) is 13.8 Å². The van der Waals surface area contributed by atoms with Gasteiger partial charge in [-0.25, -0.2) is 4.79 Å². The molecule has 0 aliphatic carbocycles. The number of hydrogen-bond donors (Lipinski definition) is 4. The van der Waals surface area contributed by atoms with E-state index in [9.17, 15) is 24.3 Å². The second-order valence-electron chi connectivity index (χ2n) is 9.99. The van der Waals surface area contributed by atoms with Gasteiger partial charge >= 0.3 is 6.09 Å². The number of nitrogens with one attached hydrogen (secondary N) is 2. The number of hydrogen-bond acceptors (Lipinski definition) is 6. The van der Waals surface area contributed by atoms with Gasteiger partial charge in [0.25, 0.3) is 5.91 Å². The summed E-state index contributed by atoms with van der Waals surface area (Å²) in [7, 11) is 1.36. The number of primary amides is 1. The fraction of sp³-hybridized carbons (Fsp3) is 0.407. The lowest BCUT2D eigenvalue weighted by atomic mass is 9.99. The first-order valence-corrected chi connectivity index (χ1v) is 12.4. The second kappa shape index (κ2) is 12.6. The Kier molecular flexibility index (Phi) is 10.1. The molecule has 2 rings (SSSR count). The van der Waals surface area contributed by atoms with E-state index in [1.165, 1.54) is 13.1 Å². The van der Waals surface area contributed by atoms with Gasteiger partial charge < -0.3 is 31.1 Å². The molecule has 2 aromatic carbocycles. The van der Waals surface area contributed by atoms with E-state index in [0.717, 1.165) is 4.90 Å². The van der Waals surface area contributed by atoms with Gasteiger partial charge in [0.05, 0.1) is 10.7 Å². The fourth-order valence-corrected chi connectivity index (χ4v) is 4.05. The van der Waals surface area contributed by atoms with Gasteiger partial charge in [-0.2, -0.15) is 0 Å². The van der Waals surface area contributed by atoms with Crippen LogP contribution in [0.25, 0.3) is 0 Å². The van der Waals surface area contributed by atoms with Crippen molar-refractivity contribution in [3.8, 4) is 5.75 Å². The number of carbonyl (C=O) groups excluding carboxylic acids is 4. The van der Waals surface area contributed by atoms with Crippen LogP contribution in [0.5, 0.6) is 5.75 Å². The molecular weight excluding hydrogens is 512 g/mol. The van der Waals surface area contributed by atoms with Crippen molar-refractivity contribution in [2.75, 3.05) is 12.4 Å². The number of amides is 4. The summed E-state index contributed by atoms with van der Waals surface area (Å²) in [6, 6.07) is 7.37. The fourth-order valence-electron chi connectivity index (χ4n) is 3.78. The van der Waals surface area contributed by atoms with E-state index in [0.29, 0.717) is 21.8 Å². The molecule has 38 heavy (non-hydrogen) atoms. The Morgan fingerprint density at radius 1 is 1.08 bits per heavy atom. The Hall–Kier alpha value is -3.79. The molecule has 0 aliphatic heterocycles. The van der Waals surface area contributed by atoms with Gasteiger partial charge in [0, 0.05) is 19.0 Å². The van der Waals surface area contributed by atoms with E-state index in [2.05, 4.69) is 10.6 Å². The second-order valence-corrected chi connectivity index (χ2v) is 10.4. The lowest BCUT2D eigenvalue weighted by Gasteiger charge is -2.32. The number of phenols is 1. The number of carbonyl (C=O) groups is 4. The summed E-state index contributed by atoms with van der Waals surface area (Å²) < 4.78 is 5.27. The molecule has 2 aromatic rings. The highest BCUT2D eigenvalue weighted by atomic mass is 35.5. The summed E-state index contributed by atoms with van der Waals surface area (Å²) in [5, 5.41) is 16.3. The SMILES string of the molecule is Cc1cccc(C(C(=O)Nc2c(C)cccc2Cl)N(C)C(=O)C(CCC(N)=O)NC(=O)OC(C)(C)C)c1O. The third kappa shape index (κ3) is 8.11. The number of para-hydroxylation sites is 2. The molecule has 0 heterocycles. The van der Waals surface area contributed by atoms with Crippen molar-refractivity contribution in [3.05, 3.63) is 58.1 Å². The minimum Gasteiger partial charge on any atom is -0.507 e. The molecule has 5 N–H and O–H groups in total. The predicted molar refractivity (Wildman–Crippen MR) is 145 cm³/mol. The molecule has 11 heteroatoms. The first-order valence-electron chi connectivity index (χ1n) is 12.0. The zero-order valence-electron chi connectivity index (χ0n) is 22.4. The summed E-state index contributed by atoms with van der Waals surface area (Å²) in [4.78, 5) is 52.4. The number of nitrogens with two attached hydrogens (primary N) is 1. The average Bonchev–Trinajstić information content (AvgIpc) is 2.80. The largest absolute Gasteiger partial charge is 0.507 e. The van der Waals surface area contributed by atoms with Gasteiger partial charge in [0.1, 0.15) is 23.4 Å². The number of benzene rings is 2. The Labute approximate surface area is 227 Å². The van der Waals surface area contributed by atoms with Gasteiger partial charge in [0.2, 0.25) is 11.8 Å². The number of phenolic OH excluding ortho intramolecular Hbond substituents is 1. The molecule has 10 nitrogen and oxygen atoms in total. The van der Waals surface area contributed by atoms with Gasteiger partial charge in [-0.1, -0.05) is 41.9 Å². The van der Waals surface area contributed by atoms with Crippen molar-refractivity contribution in [1.82, 2.24) is 10.2 Å². The first kappa shape index (κ1) is 30.4. The summed E-state index contributed by atoms with van der Waals surface area (Å²) >= 11 is 6.30. The molecule has 2 unspecified atom stereocenters. The smallest absolute Gasteiger partial charge is 0.408 e. The predicted octanol–water partition coefficient (Wildman–Crippen LogP) is 3.96. The van der Waals surface area contributed by atoms with E-state index in [4.69, 9.17) is 22.1 Å². The summed E-state index contributed by atoms with van der Waals surface area (Å²) in [5.41, 5.74) is 6.15. The highest BCUT2D eigenvalue weighted by Gasteiger charge is 2.36. The maximum absolute atomic E-state index is 13.7. The van der Waals surface area contributed by atoms with Crippen molar-refractivity contribution in [1.29, 1.82) is 0 Å². The van der Waals surface area contributed by atoms with Crippen LogP contribution >= 0.6 is 11.6 Å². The highest BCUT2D eigenvalue weighted by Crippen LogP contribution is 2.34. The summed E-state index contributed by atoms with van der Waals surface area (Å²) in [6.45, 7) is 8.41. The molecular formula is C27H35ClN4O6. The van der Waals surface area contributed by atoms with Crippen LogP contribution in [0.1, 0.15) is 56.3 Å². The van der Waals surface area contributed by atoms with Crippen LogP contribution < -0.4 is 16.4 Å². The van der Waals surface area contributed by atoms with Crippen LogP contribution in [0.2, 0.25) is 5.02 Å². The summed E-state index contributed by atoms with van der Waals surface area (Å²) in [5.74, 6) is -2.19. The molecule has 0 saturated carbocycles. The number of alkyl carbamates (subject to hydrolysis) is 1. The van der Waals surface area contributed by atoms with Crippen molar-refractivity contribution in [2.45, 2.75) is 65.1 Å². The molecule has 2 atom stereocenters. The van der Waals surface area contributed by atoms with Crippen LogP contribution in [-0.4, -0.2) is 52.5 Å². The minimum absolute atomic E-state index is 0.129. The number of aromatic hydroxyl groups is 1. The van der Waals surface area contributed by atoms with Gasteiger partial charge in [-0.3, -0.25) is 14.4 Å². The van der Waals surface area contributed by atoms with Crippen molar-refractivity contribution in [3.63, 3.8) is 0 Å². The molecule has 206 valence electrons. The number of nitrogens with zero attached hydrogens (tertiary/aromatic N) is 1. The lowest BCUT2D eigenvalue weighted by Crippen LogP contribution is -2.51. The molecule has 0 aliphatic rings. The van der Waals surface area contributed by atoms with Crippen LogP contribution in [0.15, 0.2) is 36.4 Å². The Morgan fingerprint density at radius 2 is 1.68 bits per heavy atom. The zero-order valence-corrected chi connectivity index (χ0v) is 23.2. The third-order valence-electron chi connectivity index (χ3n) is 5.69. The van der Waals surface area contributed by atoms with E-state index in [-0.39, 0.29) is 24.2 Å². The molecule has 0 aromatic heterocycles. The van der Waals surface area contributed by atoms with Crippen LogP contribution in [-0.2, 0) is 19.1 Å². The number of halogens is 1. The Balaban J connectivity index is 2.49. The van der Waals surface area contributed by atoms with Gasteiger partial charge in [-0.05, 0) is 58.2 Å². The first-order chi connectivity index (χ1) is 17.6. The van der Waals surface area contributed by atoms with E-state index in [1.807, 2.05) is 0 Å². The van der Waals surface area contributed by atoms with Crippen LogP contribution in [0.3, 0.4) is 0 Å².